The van der Waals surface area contributed by atoms with Crippen molar-refractivity contribution in [3.05, 3.63) is 72.3 Å². The Morgan fingerprint density at radius 2 is 1.33 bits per heavy atom. The predicted molar refractivity (Wildman–Crippen MR) is 121 cm³/mol. The zero-order chi connectivity index (χ0) is 20.9. The van der Waals surface area contributed by atoms with Crippen molar-refractivity contribution in [1.82, 2.24) is 0 Å². The highest BCUT2D eigenvalue weighted by atomic mass is 19.2. The molecule has 0 aromatic heterocycles. The van der Waals surface area contributed by atoms with Crippen LogP contribution in [-0.4, -0.2) is 0 Å². The second-order valence-corrected chi connectivity index (χ2v) is 9.51. The Bertz CT molecular complexity index is 822. The van der Waals surface area contributed by atoms with E-state index in [2.05, 4.69) is 36.9 Å². The zero-order valence-electron chi connectivity index (χ0n) is 18.0. The maximum Gasteiger partial charge on any atom is 0.159 e. The van der Waals surface area contributed by atoms with Gasteiger partial charge in [0.05, 0.1) is 0 Å². The quantitative estimate of drug-likeness (QED) is 0.419. The summed E-state index contributed by atoms with van der Waals surface area (Å²) in [5, 5.41) is 0. The van der Waals surface area contributed by atoms with Crippen LogP contribution in [0, 0.1) is 29.4 Å². The first kappa shape index (κ1) is 21.3. The lowest BCUT2D eigenvalue weighted by atomic mass is 9.68. The van der Waals surface area contributed by atoms with Gasteiger partial charge in [0.1, 0.15) is 0 Å². The molecule has 160 valence electrons. The third kappa shape index (κ3) is 5.02. The minimum Gasteiger partial charge on any atom is -0.204 e. The summed E-state index contributed by atoms with van der Waals surface area (Å²) in [5.74, 6) is 1.86. The third-order valence-corrected chi connectivity index (χ3v) is 7.74. The van der Waals surface area contributed by atoms with Gasteiger partial charge < -0.3 is 0 Å². The number of halogens is 2. The van der Waals surface area contributed by atoms with E-state index in [1.54, 1.807) is 6.07 Å². The first-order valence-electron chi connectivity index (χ1n) is 11.8. The average Bonchev–Trinajstić information content (AvgIpc) is 2.80. The van der Waals surface area contributed by atoms with Crippen LogP contribution in [0.2, 0.25) is 0 Å². The summed E-state index contributed by atoms with van der Waals surface area (Å²) in [7, 11) is 0. The Hall–Kier alpha value is -1.96. The predicted octanol–water partition coefficient (Wildman–Crippen LogP) is 8.68. The van der Waals surface area contributed by atoms with Crippen LogP contribution >= 0.6 is 0 Å². The molecule has 0 aliphatic heterocycles. The molecule has 0 bridgehead atoms. The number of benzene rings is 2. The molecule has 30 heavy (non-hydrogen) atoms. The van der Waals surface area contributed by atoms with Gasteiger partial charge in [-0.05, 0) is 104 Å². The van der Waals surface area contributed by atoms with Gasteiger partial charge in [-0.25, -0.2) is 8.78 Å². The fourth-order valence-electron chi connectivity index (χ4n) is 5.85. The van der Waals surface area contributed by atoms with Crippen molar-refractivity contribution in [2.45, 2.75) is 70.1 Å². The summed E-state index contributed by atoms with van der Waals surface area (Å²) in [6, 6.07) is 12.6. The second kappa shape index (κ2) is 9.90. The van der Waals surface area contributed by atoms with Gasteiger partial charge in [-0.3, -0.25) is 0 Å². The highest BCUT2D eigenvalue weighted by Crippen LogP contribution is 2.44. The van der Waals surface area contributed by atoms with Gasteiger partial charge in [0, 0.05) is 0 Å². The molecule has 0 spiro atoms. The van der Waals surface area contributed by atoms with Crippen molar-refractivity contribution in [3.8, 4) is 11.1 Å². The molecule has 2 aromatic carbocycles. The maximum absolute atomic E-state index is 13.5. The molecule has 2 heteroatoms. The molecular weight excluding hydrogens is 374 g/mol. The largest absolute Gasteiger partial charge is 0.204 e. The standard InChI is InChI=1S/C28H34F2/c1-2-3-4-20-5-7-21(8-6-20)22-9-11-23(12-10-22)24-13-15-25(16-14-24)26-17-18-27(29)28(30)19-26/h2,13-23H,1,3-12H2. The van der Waals surface area contributed by atoms with Gasteiger partial charge >= 0.3 is 0 Å². The van der Waals surface area contributed by atoms with E-state index in [-0.39, 0.29) is 0 Å². The van der Waals surface area contributed by atoms with E-state index in [4.69, 9.17) is 0 Å². The van der Waals surface area contributed by atoms with E-state index in [1.807, 2.05) is 0 Å². The lowest BCUT2D eigenvalue weighted by Gasteiger charge is -2.38. The highest BCUT2D eigenvalue weighted by Gasteiger charge is 2.31. The Balaban J connectivity index is 1.29. The molecule has 0 saturated heterocycles. The summed E-state index contributed by atoms with van der Waals surface area (Å²) in [4.78, 5) is 0. The fraction of sp³-hybridized carbons (Fsp3) is 0.500. The van der Waals surface area contributed by atoms with E-state index >= 15 is 0 Å². The van der Waals surface area contributed by atoms with E-state index in [1.165, 1.54) is 81.9 Å². The van der Waals surface area contributed by atoms with Crippen LogP contribution in [0.4, 0.5) is 8.78 Å². The van der Waals surface area contributed by atoms with Gasteiger partial charge in [-0.1, -0.05) is 49.2 Å². The lowest BCUT2D eigenvalue weighted by molar-refractivity contribution is 0.157. The first-order chi connectivity index (χ1) is 14.6. The van der Waals surface area contributed by atoms with Crippen LogP contribution in [-0.2, 0) is 0 Å². The van der Waals surface area contributed by atoms with Crippen LogP contribution in [0.3, 0.4) is 0 Å². The SMILES string of the molecule is C=CCCC1CCC(C2CCC(c3ccc(-c4ccc(F)c(F)c4)cc3)CC2)CC1. The van der Waals surface area contributed by atoms with Crippen molar-refractivity contribution in [3.63, 3.8) is 0 Å². The fourth-order valence-corrected chi connectivity index (χ4v) is 5.85. The van der Waals surface area contributed by atoms with Crippen LogP contribution in [0.1, 0.15) is 75.7 Å². The monoisotopic (exact) mass is 408 g/mol. The van der Waals surface area contributed by atoms with Crippen molar-refractivity contribution >= 4 is 0 Å². The van der Waals surface area contributed by atoms with Crippen molar-refractivity contribution < 1.29 is 8.78 Å². The van der Waals surface area contributed by atoms with E-state index in [0.717, 1.165) is 28.9 Å². The second-order valence-electron chi connectivity index (χ2n) is 9.51. The summed E-state index contributed by atoms with van der Waals surface area (Å²) in [6.45, 7) is 3.86. The minimum absolute atomic E-state index is 0.643. The number of rotatable bonds is 6. The Kier molecular flexibility index (Phi) is 7.02. The average molecular weight is 409 g/mol. The van der Waals surface area contributed by atoms with Crippen LogP contribution in [0.15, 0.2) is 55.1 Å². The normalized spacial score (nSPS) is 27.0. The van der Waals surface area contributed by atoms with E-state index < -0.39 is 11.6 Å². The van der Waals surface area contributed by atoms with E-state index in [0.29, 0.717) is 5.92 Å². The molecule has 0 heterocycles. The minimum atomic E-state index is -0.794. The molecule has 2 saturated carbocycles. The number of hydrogen-bond acceptors (Lipinski definition) is 0. The lowest BCUT2D eigenvalue weighted by Crippen LogP contribution is -2.25. The molecule has 2 aromatic rings. The van der Waals surface area contributed by atoms with Gasteiger partial charge in [0.2, 0.25) is 0 Å². The molecule has 0 N–H and O–H groups in total. The van der Waals surface area contributed by atoms with Crippen LogP contribution < -0.4 is 0 Å². The molecule has 0 amide bonds. The molecule has 4 rings (SSSR count). The van der Waals surface area contributed by atoms with Crippen LogP contribution in [0.25, 0.3) is 11.1 Å². The Labute approximate surface area is 180 Å². The van der Waals surface area contributed by atoms with Crippen molar-refractivity contribution in [2.75, 3.05) is 0 Å². The Morgan fingerprint density at radius 1 is 0.733 bits per heavy atom. The smallest absolute Gasteiger partial charge is 0.159 e. The maximum atomic E-state index is 13.5. The summed E-state index contributed by atoms with van der Waals surface area (Å²) in [6.07, 6.45) is 15.6. The van der Waals surface area contributed by atoms with E-state index in [9.17, 15) is 8.78 Å². The van der Waals surface area contributed by atoms with Gasteiger partial charge in [-0.15, -0.1) is 6.58 Å². The van der Waals surface area contributed by atoms with Gasteiger partial charge in [0.25, 0.3) is 0 Å². The molecule has 0 unspecified atom stereocenters. The third-order valence-electron chi connectivity index (χ3n) is 7.74. The van der Waals surface area contributed by atoms with Gasteiger partial charge in [-0.2, -0.15) is 0 Å². The number of allylic oxidation sites excluding steroid dienone is 1. The molecular formula is C28H34F2. The molecule has 0 atom stereocenters. The van der Waals surface area contributed by atoms with Crippen molar-refractivity contribution in [2.24, 2.45) is 17.8 Å². The zero-order valence-corrected chi connectivity index (χ0v) is 18.0. The molecule has 0 radical (unpaired) electrons. The first-order valence-corrected chi connectivity index (χ1v) is 11.8. The molecule has 0 nitrogen and oxygen atoms in total. The van der Waals surface area contributed by atoms with Gasteiger partial charge in [0.15, 0.2) is 11.6 Å². The summed E-state index contributed by atoms with van der Waals surface area (Å²) >= 11 is 0. The van der Waals surface area contributed by atoms with Crippen LogP contribution in [0.5, 0.6) is 0 Å². The van der Waals surface area contributed by atoms with Crippen molar-refractivity contribution in [1.29, 1.82) is 0 Å². The number of hydrogen-bond donors (Lipinski definition) is 0. The molecule has 2 fully saturated rings. The Morgan fingerprint density at radius 3 is 1.93 bits per heavy atom. The topological polar surface area (TPSA) is 0 Å². The molecule has 2 aliphatic rings. The summed E-state index contributed by atoms with van der Waals surface area (Å²) in [5.41, 5.74) is 3.07. The summed E-state index contributed by atoms with van der Waals surface area (Å²) < 4.78 is 26.7. The highest BCUT2D eigenvalue weighted by molar-refractivity contribution is 5.63. The molecule has 2 aliphatic carbocycles.